The summed E-state index contributed by atoms with van der Waals surface area (Å²) in [5.74, 6) is 0.0301. The van der Waals surface area contributed by atoms with Crippen LogP contribution >= 0.6 is 0 Å². The van der Waals surface area contributed by atoms with E-state index < -0.39 is 6.61 Å². The quantitative estimate of drug-likeness (QED) is 0.695. The van der Waals surface area contributed by atoms with E-state index in [0.717, 1.165) is 6.21 Å². The highest BCUT2D eigenvalue weighted by molar-refractivity contribution is 5.80. The van der Waals surface area contributed by atoms with Gasteiger partial charge in [-0.15, -0.1) is 0 Å². The smallest absolute Gasteiger partial charge is 0.387 e. The van der Waals surface area contributed by atoms with Crippen molar-refractivity contribution in [2.24, 2.45) is 0 Å². The molecule has 0 aliphatic rings. The fraction of sp³-hybridized carbons (Fsp3) is 0.125. The summed E-state index contributed by atoms with van der Waals surface area (Å²) in [5, 5.41) is 6.88. The molecule has 0 fully saturated rings. The summed E-state index contributed by atoms with van der Waals surface area (Å²) in [6.45, 7) is -2.84. The van der Waals surface area contributed by atoms with E-state index in [1.165, 1.54) is 12.1 Å². The normalized spacial score (nSPS) is 9.92. The molecule has 12 heavy (non-hydrogen) atoms. The molecule has 0 amide bonds. The first-order valence-corrected chi connectivity index (χ1v) is 3.28. The third kappa shape index (κ3) is 2.02. The van der Waals surface area contributed by atoms with E-state index in [2.05, 4.69) is 4.74 Å². The van der Waals surface area contributed by atoms with Crippen molar-refractivity contribution in [2.45, 2.75) is 6.61 Å². The number of benzene rings is 1. The molecule has 64 valence electrons. The van der Waals surface area contributed by atoms with Gasteiger partial charge in [0.2, 0.25) is 0 Å². The zero-order chi connectivity index (χ0) is 8.97. The number of rotatable bonds is 3. The van der Waals surface area contributed by atoms with Crippen molar-refractivity contribution in [1.29, 1.82) is 5.41 Å². The first-order chi connectivity index (χ1) is 5.74. The summed E-state index contributed by atoms with van der Waals surface area (Å²) < 4.78 is 27.6. The minimum Gasteiger partial charge on any atom is -0.434 e. The van der Waals surface area contributed by atoms with Gasteiger partial charge in [0.1, 0.15) is 5.75 Å². The van der Waals surface area contributed by atoms with E-state index in [4.69, 9.17) is 5.41 Å². The van der Waals surface area contributed by atoms with E-state index in [9.17, 15) is 8.78 Å². The molecule has 1 N–H and O–H groups in total. The van der Waals surface area contributed by atoms with Gasteiger partial charge in [0.25, 0.3) is 0 Å². The lowest BCUT2D eigenvalue weighted by molar-refractivity contribution is -0.0499. The van der Waals surface area contributed by atoms with Gasteiger partial charge in [-0.3, -0.25) is 0 Å². The number of hydrogen-bond donors (Lipinski definition) is 1. The van der Waals surface area contributed by atoms with Gasteiger partial charge in [0, 0.05) is 11.8 Å². The van der Waals surface area contributed by atoms with Crippen molar-refractivity contribution in [3.8, 4) is 5.75 Å². The van der Waals surface area contributed by atoms with Crippen molar-refractivity contribution in [3.05, 3.63) is 29.8 Å². The van der Waals surface area contributed by atoms with Gasteiger partial charge in [0.05, 0.1) is 0 Å². The van der Waals surface area contributed by atoms with Crippen molar-refractivity contribution >= 4 is 6.21 Å². The van der Waals surface area contributed by atoms with Crippen LogP contribution in [0.4, 0.5) is 8.78 Å². The van der Waals surface area contributed by atoms with E-state index in [1.54, 1.807) is 12.1 Å². The highest BCUT2D eigenvalue weighted by Crippen LogP contribution is 2.17. The molecular formula is C8H7F2NO. The molecule has 0 atom stereocenters. The van der Waals surface area contributed by atoms with Crippen molar-refractivity contribution in [2.75, 3.05) is 0 Å². The lowest BCUT2D eigenvalue weighted by atomic mass is 10.2. The Morgan fingerprint density at radius 1 is 1.33 bits per heavy atom. The molecule has 0 radical (unpaired) electrons. The third-order valence-electron chi connectivity index (χ3n) is 1.29. The topological polar surface area (TPSA) is 33.1 Å². The summed E-state index contributed by atoms with van der Waals surface area (Å²) >= 11 is 0. The van der Waals surface area contributed by atoms with E-state index in [1.807, 2.05) is 0 Å². The molecule has 0 unspecified atom stereocenters. The molecule has 4 heteroatoms. The van der Waals surface area contributed by atoms with Crippen molar-refractivity contribution < 1.29 is 13.5 Å². The number of halogens is 2. The number of para-hydroxylation sites is 1. The van der Waals surface area contributed by atoms with E-state index in [-0.39, 0.29) is 5.75 Å². The SMILES string of the molecule is N=Cc1ccccc1OC(F)F. The number of alkyl halides is 2. The van der Waals surface area contributed by atoms with E-state index >= 15 is 0 Å². The Morgan fingerprint density at radius 2 is 2.00 bits per heavy atom. The average molecular weight is 171 g/mol. The Labute approximate surface area is 68.3 Å². The zero-order valence-electron chi connectivity index (χ0n) is 6.13. The zero-order valence-corrected chi connectivity index (χ0v) is 6.13. The summed E-state index contributed by atoms with van der Waals surface area (Å²) in [6.07, 6.45) is 0.970. The Bertz CT molecular complexity index is 276. The predicted octanol–water partition coefficient (Wildman–Crippen LogP) is 2.29. The third-order valence-corrected chi connectivity index (χ3v) is 1.29. The second-order valence-corrected chi connectivity index (χ2v) is 2.06. The summed E-state index contributed by atoms with van der Waals surface area (Å²) in [7, 11) is 0. The predicted molar refractivity (Wildman–Crippen MR) is 41.0 cm³/mol. The van der Waals surface area contributed by atoms with Crippen LogP contribution in [-0.2, 0) is 0 Å². The van der Waals surface area contributed by atoms with Gasteiger partial charge in [-0.2, -0.15) is 8.78 Å². The molecule has 0 aliphatic heterocycles. The lowest BCUT2D eigenvalue weighted by Gasteiger charge is -2.05. The fourth-order valence-corrected chi connectivity index (χ4v) is 0.803. The Balaban J connectivity index is 2.89. The monoisotopic (exact) mass is 171 g/mol. The first-order valence-electron chi connectivity index (χ1n) is 3.28. The van der Waals surface area contributed by atoms with Crippen molar-refractivity contribution in [3.63, 3.8) is 0 Å². The van der Waals surface area contributed by atoms with Crippen LogP contribution in [0, 0.1) is 5.41 Å². The van der Waals surface area contributed by atoms with Gasteiger partial charge >= 0.3 is 6.61 Å². The van der Waals surface area contributed by atoms with Crippen LogP contribution in [-0.4, -0.2) is 12.8 Å². The molecule has 0 saturated heterocycles. The highest BCUT2D eigenvalue weighted by Gasteiger charge is 2.06. The molecule has 0 aliphatic carbocycles. The Morgan fingerprint density at radius 3 is 2.58 bits per heavy atom. The van der Waals surface area contributed by atoms with Crippen LogP contribution in [0.15, 0.2) is 24.3 Å². The second kappa shape index (κ2) is 3.80. The standard InChI is InChI=1S/C8H7F2NO/c9-8(10)12-7-4-2-1-3-6(7)5-11/h1-5,8,11H. The van der Waals surface area contributed by atoms with Gasteiger partial charge < -0.3 is 10.1 Å². The van der Waals surface area contributed by atoms with Crippen LogP contribution < -0.4 is 4.74 Å². The maximum Gasteiger partial charge on any atom is 0.387 e. The average Bonchev–Trinajstić information content (AvgIpc) is 2.04. The molecule has 0 spiro atoms. The molecule has 0 saturated carbocycles. The largest absolute Gasteiger partial charge is 0.434 e. The van der Waals surface area contributed by atoms with Crippen LogP contribution in [0.25, 0.3) is 0 Å². The fourth-order valence-electron chi connectivity index (χ4n) is 0.803. The molecule has 1 rings (SSSR count). The van der Waals surface area contributed by atoms with Crippen LogP contribution in [0.1, 0.15) is 5.56 Å². The molecule has 0 aromatic heterocycles. The molecular weight excluding hydrogens is 164 g/mol. The highest BCUT2D eigenvalue weighted by atomic mass is 19.3. The summed E-state index contributed by atoms with van der Waals surface area (Å²) in [6, 6.07) is 6.15. The maximum atomic E-state index is 11.7. The Kier molecular flexibility index (Phi) is 2.74. The van der Waals surface area contributed by atoms with Gasteiger partial charge in [-0.05, 0) is 12.1 Å². The maximum absolute atomic E-state index is 11.7. The molecule has 1 aromatic carbocycles. The first kappa shape index (κ1) is 8.64. The molecule has 1 aromatic rings. The van der Waals surface area contributed by atoms with Crippen LogP contribution in [0.2, 0.25) is 0 Å². The van der Waals surface area contributed by atoms with Crippen LogP contribution in [0.5, 0.6) is 5.75 Å². The number of nitrogens with one attached hydrogen (secondary N) is 1. The Hall–Kier alpha value is -1.45. The molecule has 0 bridgehead atoms. The number of ether oxygens (including phenoxy) is 1. The summed E-state index contributed by atoms with van der Waals surface area (Å²) in [5.41, 5.74) is 0.345. The second-order valence-electron chi connectivity index (χ2n) is 2.06. The van der Waals surface area contributed by atoms with Gasteiger partial charge in [0.15, 0.2) is 0 Å². The number of hydrogen-bond acceptors (Lipinski definition) is 2. The lowest BCUT2D eigenvalue weighted by Crippen LogP contribution is -2.03. The summed E-state index contributed by atoms with van der Waals surface area (Å²) in [4.78, 5) is 0. The van der Waals surface area contributed by atoms with Crippen LogP contribution in [0.3, 0.4) is 0 Å². The van der Waals surface area contributed by atoms with Gasteiger partial charge in [-0.25, -0.2) is 0 Å². The molecule has 2 nitrogen and oxygen atoms in total. The van der Waals surface area contributed by atoms with Gasteiger partial charge in [-0.1, -0.05) is 12.1 Å². The van der Waals surface area contributed by atoms with E-state index in [0.29, 0.717) is 5.56 Å². The van der Waals surface area contributed by atoms with Crippen molar-refractivity contribution in [1.82, 2.24) is 0 Å². The molecule has 0 heterocycles. The minimum absolute atomic E-state index is 0.0301. The minimum atomic E-state index is -2.84.